The Balaban J connectivity index is 1.48. The fourth-order valence-corrected chi connectivity index (χ4v) is 4.96. The monoisotopic (exact) mass is 444 g/mol. The average molecular weight is 445 g/mol. The second-order valence-corrected chi connectivity index (χ2v) is 10.0. The van der Waals surface area contributed by atoms with Gasteiger partial charge in [0.2, 0.25) is 15.9 Å². The van der Waals surface area contributed by atoms with Gasteiger partial charge in [-0.15, -0.1) is 0 Å². The number of nitrogens with one attached hydrogen (secondary N) is 1. The van der Waals surface area contributed by atoms with E-state index in [9.17, 15) is 13.2 Å². The number of carbonyl (C=O) groups is 1. The van der Waals surface area contributed by atoms with Gasteiger partial charge in [0.1, 0.15) is 19.8 Å². The molecular formula is C23H28N2O5S. The van der Waals surface area contributed by atoms with Crippen LogP contribution in [0.4, 0.5) is 5.69 Å². The lowest BCUT2D eigenvalue weighted by Crippen LogP contribution is -2.41. The fraction of sp³-hybridized carbons (Fsp3) is 0.435. The van der Waals surface area contributed by atoms with Crippen molar-refractivity contribution in [2.75, 3.05) is 30.3 Å². The Labute approximate surface area is 183 Å². The number of carbonyl (C=O) groups excluding carboxylic acids is 1. The third kappa shape index (κ3) is 4.95. The van der Waals surface area contributed by atoms with Crippen LogP contribution in [0, 0.1) is 0 Å². The van der Waals surface area contributed by atoms with Gasteiger partial charge in [0.05, 0.1) is 18.0 Å². The standard InChI is InChI=1S/C23H28N2O5S/c1-16(18-8-7-17-5-3-4-6-19(17)13-18)24-23(26)15-25(31(2,27)28)20-9-10-21-22(14-20)30-12-11-29-21/h7-10,13-14,16H,3-6,11-12,15H2,1-2H3,(H,24,26). The summed E-state index contributed by atoms with van der Waals surface area (Å²) in [5.41, 5.74) is 4.12. The van der Waals surface area contributed by atoms with Crippen molar-refractivity contribution in [1.82, 2.24) is 5.32 Å². The summed E-state index contributed by atoms with van der Waals surface area (Å²) in [6.45, 7) is 2.45. The Morgan fingerprint density at radius 1 is 1.03 bits per heavy atom. The van der Waals surface area contributed by atoms with Gasteiger partial charge in [0, 0.05) is 6.07 Å². The average Bonchev–Trinajstić information content (AvgIpc) is 2.76. The molecule has 166 valence electrons. The Morgan fingerprint density at radius 3 is 2.48 bits per heavy atom. The van der Waals surface area contributed by atoms with Crippen LogP contribution in [0.2, 0.25) is 0 Å². The van der Waals surface area contributed by atoms with E-state index in [2.05, 4.69) is 17.4 Å². The number of amides is 1. The van der Waals surface area contributed by atoms with Gasteiger partial charge in [-0.2, -0.15) is 0 Å². The minimum atomic E-state index is -3.68. The molecule has 4 rings (SSSR count). The minimum Gasteiger partial charge on any atom is -0.486 e. The highest BCUT2D eigenvalue weighted by molar-refractivity contribution is 7.92. The molecular weight excluding hydrogens is 416 g/mol. The first kappa shape index (κ1) is 21.5. The van der Waals surface area contributed by atoms with Gasteiger partial charge in [0.25, 0.3) is 0 Å². The summed E-state index contributed by atoms with van der Waals surface area (Å²) in [4.78, 5) is 12.8. The van der Waals surface area contributed by atoms with E-state index >= 15 is 0 Å². The van der Waals surface area contributed by atoms with Crippen molar-refractivity contribution in [3.8, 4) is 11.5 Å². The Morgan fingerprint density at radius 2 is 1.74 bits per heavy atom. The highest BCUT2D eigenvalue weighted by atomic mass is 32.2. The summed E-state index contributed by atoms with van der Waals surface area (Å²) in [5.74, 6) is 0.666. The zero-order chi connectivity index (χ0) is 22.0. The molecule has 1 aliphatic carbocycles. The molecule has 8 heteroatoms. The number of hydrogen-bond acceptors (Lipinski definition) is 5. The van der Waals surface area contributed by atoms with Crippen LogP contribution in [0.25, 0.3) is 0 Å². The topological polar surface area (TPSA) is 84.9 Å². The van der Waals surface area contributed by atoms with E-state index in [-0.39, 0.29) is 18.5 Å². The van der Waals surface area contributed by atoms with Crippen LogP contribution in [0.3, 0.4) is 0 Å². The van der Waals surface area contributed by atoms with Gasteiger partial charge in [-0.05, 0) is 61.4 Å². The van der Waals surface area contributed by atoms with Gasteiger partial charge < -0.3 is 14.8 Å². The van der Waals surface area contributed by atoms with Gasteiger partial charge in [0.15, 0.2) is 11.5 Å². The van der Waals surface area contributed by atoms with Crippen molar-refractivity contribution in [2.24, 2.45) is 0 Å². The van der Waals surface area contributed by atoms with Gasteiger partial charge >= 0.3 is 0 Å². The molecule has 31 heavy (non-hydrogen) atoms. The SMILES string of the molecule is CC(NC(=O)CN(c1ccc2c(c1)OCCO2)S(C)(=O)=O)c1ccc2c(c1)CCCC2. The lowest BCUT2D eigenvalue weighted by molar-refractivity contribution is -0.120. The first-order chi connectivity index (χ1) is 14.8. The summed E-state index contributed by atoms with van der Waals surface area (Å²) >= 11 is 0. The third-order valence-corrected chi connectivity index (χ3v) is 6.89. The largest absolute Gasteiger partial charge is 0.486 e. The molecule has 2 aromatic rings. The van der Waals surface area contributed by atoms with Crippen molar-refractivity contribution < 1.29 is 22.7 Å². The summed E-state index contributed by atoms with van der Waals surface area (Å²) in [7, 11) is -3.68. The number of aryl methyl sites for hydroxylation is 2. The number of ether oxygens (including phenoxy) is 2. The maximum Gasteiger partial charge on any atom is 0.241 e. The van der Waals surface area contributed by atoms with Crippen LogP contribution in [0.15, 0.2) is 36.4 Å². The van der Waals surface area contributed by atoms with E-state index in [1.165, 1.54) is 24.0 Å². The van der Waals surface area contributed by atoms with Crippen LogP contribution in [0.5, 0.6) is 11.5 Å². The summed E-state index contributed by atoms with van der Waals surface area (Å²) in [6.07, 6.45) is 5.67. The number of nitrogens with zero attached hydrogens (tertiary/aromatic N) is 1. The molecule has 0 aromatic heterocycles. The zero-order valence-corrected chi connectivity index (χ0v) is 18.7. The maximum absolute atomic E-state index is 12.8. The number of rotatable bonds is 6. The smallest absolute Gasteiger partial charge is 0.241 e. The van der Waals surface area contributed by atoms with Crippen LogP contribution >= 0.6 is 0 Å². The van der Waals surface area contributed by atoms with Gasteiger partial charge in [-0.1, -0.05) is 18.2 Å². The van der Waals surface area contributed by atoms with E-state index in [1.54, 1.807) is 18.2 Å². The van der Waals surface area contributed by atoms with E-state index in [1.807, 2.05) is 13.0 Å². The number of sulfonamides is 1. The van der Waals surface area contributed by atoms with Crippen LogP contribution in [-0.4, -0.2) is 40.3 Å². The molecule has 0 bridgehead atoms. The molecule has 7 nitrogen and oxygen atoms in total. The molecule has 1 unspecified atom stereocenters. The minimum absolute atomic E-state index is 0.221. The van der Waals surface area contributed by atoms with Crippen molar-refractivity contribution in [2.45, 2.75) is 38.6 Å². The molecule has 0 fully saturated rings. The second kappa shape index (κ2) is 8.78. The predicted molar refractivity (Wildman–Crippen MR) is 119 cm³/mol. The molecule has 2 aliphatic rings. The normalized spacial score (nSPS) is 16.2. The molecule has 0 spiro atoms. The number of benzene rings is 2. The quantitative estimate of drug-likeness (QED) is 0.741. The molecule has 0 saturated heterocycles. The van der Waals surface area contributed by atoms with E-state index in [0.717, 1.165) is 29.0 Å². The Bertz CT molecular complexity index is 1080. The molecule has 1 aliphatic heterocycles. The Kier molecular flexibility index (Phi) is 6.09. The summed E-state index contributed by atoms with van der Waals surface area (Å²) in [5, 5.41) is 2.94. The fourth-order valence-electron chi connectivity index (χ4n) is 4.11. The lowest BCUT2D eigenvalue weighted by Gasteiger charge is -2.25. The molecule has 2 aromatic carbocycles. The van der Waals surface area contributed by atoms with E-state index in [0.29, 0.717) is 30.4 Å². The second-order valence-electron chi connectivity index (χ2n) is 8.12. The number of anilines is 1. The first-order valence-corrected chi connectivity index (χ1v) is 12.4. The van der Waals surface area contributed by atoms with Crippen molar-refractivity contribution in [3.05, 3.63) is 53.1 Å². The molecule has 1 heterocycles. The van der Waals surface area contributed by atoms with E-state index in [4.69, 9.17) is 9.47 Å². The highest BCUT2D eigenvalue weighted by Gasteiger charge is 2.24. The summed E-state index contributed by atoms with van der Waals surface area (Å²) in [6, 6.07) is 11.0. The first-order valence-electron chi connectivity index (χ1n) is 10.6. The molecule has 1 amide bonds. The highest BCUT2D eigenvalue weighted by Crippen LogP contribution is 2.34. The summed E-state index contributed by atoms with van der Waals surface area (Å²) < 4.78 is 37.0. The molecule has 1 atom stereocenters. The maximum atomic E-state index is 12.8. The Hall–Kier alpha value is -2.74. The van der Waals surface area contributed by atoms with Crippen molar-refractivity contribution in [3.63, 3.8) is 0 Å². The van der Waals surface area contributed by atoms with Crippen molar-refractivity contribution in [1.29, 1.82) is 0 Å². The predicted octanol–water partition coefficient (Wildman–Crippen LogP) is 2.98. The molecule has 1 N–H and O–H groups in total. The number of hydrogen-bond donors (Lipinski definition) is 1. The lowest BCUT2D eigenvalue weighted by atomic mass is 9.89. The zero-order valence-electron chi connectivity index (χ0n) is 17.9. The van der Waals surface area contributed by atoms with Gasteiger partial charge in [-0.3, -0.25) is 9.10 Å². The number of fused-ring (bicyclic) bond motifs is 2. The molecule has 0 saturated carbocycles. The van der Waals surface area contributed by atoms with Crippen LogP contribution < -0.4 is 19.1 Å². The molecule has 0 radical (unpaired) electrons. The van der Waals surface area contributed by atoms with Crippen LogP contribution in [-0.2, 0) is 27.7 Å². The van der Waals surface area contributed by atoms with Crippen molar-refractivity contribution >= 4 is 21.6 Å². The van der Waals surface area contributed by atoms with Crippen LogP contribution in [0.1, 0.15) is 42.5 Å². The van der Waals surface area contributed by atoms with Gasteiger partial charge in [-0.25, -0.2) is 8.42 Å². The van der Waals surface area contributed by atoms with E-state index < -0.39 is 10.0 Å². The third-order valence-electron chi connectivity index (χ3n) is 5.75.